The Balaban J connectivity index is 0. The molecule has 0 saturated carbocycles. The summed E-state index contributed by atoms with van der Waals surface area (Å²) in [5.74, 6) is 0. The molecular weight excluding hydrogens is 192 g/mol. The van der Waals surface area contributed by atoms with Crippen molar-refractivity contribution in [3.63, 3.8) is 0 Å². The number of benzene rings is 1. The first-order chi connectivity index (χ1) is 7.41. The second kappa shape index (κ2) is 18.8. The lowest BCUT2D eigenvalue weighted by atomic mass is 10.4. The fraction of sp³-hybridized carbons (Fsp3) is 0.500. The van der Waals surface area contributed by atoms with Crippen LogP contribution < -0.4 is 0 Å². The van der Waals surface area contributed by atoms with Crippen LogP contribution in [0.2, 0.25) is 0 Å². The fourth-order valence-corrected chi connectivity index (χ4v) is 0.653. The van der Waals surface area contributed by atoms with E-state index in [2.05, 4.69) is 9.62 Å². The molecule has 0 aliphatic rings. The van der Waals surface area contributed by atoms with Crippen LogP contribution in [0.25, 0.3) is 0 Å². The van der Waals surface area contributed by atoms with Gasteiger partial charge in [-0.1, -0.05) is 50.2 Å². The fourth-order valence-electron chi connectivity index (χ4n) is 0.653. The van der Waals surface area contributed by atoms with E-state index in [-0.39, 0.29) is 0 Å². The lowest BCUT2D eigenvalue weighted by molar-refractivity contribution is -0.243. The molecule has 0 atom stereocenters. The molecule has 1 aromatic carbocycles. The molecule has 88 valence electrons. The molecule has 0 amide bonds. The minimum Gasteiger partial charge on any atom is -0.385 e. The number of rotatable bonds is 4. The first kappa shape index (κ1) is 16.5. The summed E-state index contributed by atoms with van der Waals surface area (Å²) in [6, 6.07) is 12.0. The molecule has 0 spiro atoms. The van der Waals surface area contributed by atoms with Crippen molar-refractivity contribution in [3.05, 3.63) is 36.4 Å². The molecule has 0 unspecified atom stereocenters. The van der Waals surface area contributed by atoms with Crippen molar-refractivity contribution in [1.82, 2.24) is 0 Å². The molecule has 1 rings (SSSR count). The van der Waals surface area contributed by atoms with Crippen molar-refractivity contribution in [3.8, 4) is 0 Å². The molecule has 1 N–H and O–H groups in total. The molecule has 15 heavy (non-hydrogen) atoms. The summed E-state index contributed by atoms with van der Waals surface area (Å²) in [4.78, 5) is 3.76. The quantitative estimate of drug-likeness (QED) is 0.475. The van der Waals surface area contributed by atoms with Crippen molar-refractivity contribution in [2.75, 3.05) is 20.3 Å². The molecule has 1 aromatic rings. The third-order valence-electron chi connectivity index (χ3n) is 1.25. The van der Waals surface area contributed by atoms with Gasteiger partial charge in [0.15, 0.2) is 0 Å². The Kier molecular flexibility index (Phi) is 20.7. The Morgan fingerprint density at radius 2 is 1.27 bits per heavy atom. The van der Waals surface area contributed by atoms with Gasteiger partial charge in [0.1, 0.15) is 0 Å². The van der Waals surface area contributed by atoms with Gasteiger partial charge in [-0.2, -0.15) is 0 Å². The van der Waals surface area contributed by atoms with Crippen LogP contribution in [-0.2, 0) is 9.62 Å². The molecule has 0 aliphatic carbocycles. The largest absolute Gasteiger partial charge is 0.385 e. The highest BCUT2D eigenvalue weighted by Crippen LogP contribution is 1.80. The third-order valence-corrected chi connectivity index (χ3v) is 1.25. The van der Waals surface area contributed by atoms with Crippen LogP contribution in [0.5, 0.6) is 0 Å². The second-order valence-corrected chi connectivity index (χ2v) is 2.33. The van der Waals surface area contributed by atoms with Crippen LogP contribution in [0, 0.1) is 0 Å². The van der Waals surface area contributed by atoms with Gasteiger partial charge in [0.2, 0.25) is 0 Å². The molecule has 3 nitrogen and oxygen atoms in total. The first-order valence-electron chi connectivity index (χ1n) is 5.17. The Hall–Kier alpha value is -0.900. The minimum absolute atomic E-state index is 0.355. The van der Waals surface area contributed by atoms with Gasteiger partial charge in [-0.05, 0) is 6.42 Å². The van der Waals surface area contributed by atoms with E-state index in [9.17, 15) is 0 Å². The summed E-state index contributed by atoms with van der Waals surface area (Å²) in [6.07, 6.45) is 0.743. The van der Waals surface area contributed by atoms with Gasteiger partial charge in [-0.3, -0.25) is 5.26 Å². The van der Waals surface area contributed by atoms with Crippen LogP contribution in [0.4, 0.5) is 0 Å². The van der Waals surface area contributed by atoms with Gasteiger partial charge < -0.3 is 4.74 Å². The highest BCUT2D eigenvalue weighted by atomic mass is 17.1. The van der Waals surface area contributed by atoms with E-state index in [1.807, 2.05) is 50.2 Å². The number of hydrogen-bond acceptors (Lipinski definition) is 3. The highest BCUT2D eigenvalue weighted by molar-refractivity contribution is 4.99. The van der Waals surface area contributed by atoms with E-state index >= 15 is 0 Å². The van der Waals surface area contributed by atoms with E-state index in [4.69, 9.17) is 5.26 Å². The third kappa shape index (κ3) is 19.5. The predicted octanol–water partition coefficient (Wildman–Crippen LogP) is 3.23. The maximum Gasteiger partial charge on any atom is 0.0841 e. The maximum atomic E-state index is 7.74. The average molecular weight is 214 g/mol. The molecule has 0 bridgehead atoms. The predicted molar refractivity (Wildman–Crippen MR) is 62.9 cm³/mol. The lowest BCUT2D eigenvalue weighted by Crippen LogP contribution is -1.94. The molecule has 0 aliphatic heterocycles. The summed E-state index contributed by atoms with van der Waals surface area (Å²) in [5.41, 5.74) is 0. The first-order valence-corrected chi connectivity index (χ1v) is 5.17. The normalized spacial score (nSPS) is 8.00. The Bertz CT molecular complexity index is 135. The van der Waals surface area contributed by atoms with Crippen LogP contribution in [0.1, 0.15) is 20.3 Å². The van der Waals surface area contributed by atoms with Gasteiger partial charge in [0.25, 0.3) is 0 Å². The molecule has 0 aromatic heterocycles. The van der Waals surface area contributed by atoms with Crippen molar-refractivity contribution in [2.24, 2.45) is 0 Å². The topological polar surface area (TPSA) is 38.7 Å². The van der Waals surface area contributed by atoms with E-state index in [1.54, 1.807) is 7.11 Å². The molecule has 0 radical (unpaired) electrons. The van der Waals surface area contributed by atoms with Gasteiger partial charge >= 0.3 is 0 Å². The van der Waals surface area contributed by atoms with E-state index in [1.165, 1.54) is 0 Å². The minimum atomic E-state index is 0.355. The number of ether oxygens (including phenoxy) is 1. The number of methoxy groups -OCH3 is 1. The van der Waals surface area contributed by atoms with E-state index in [0.29, 0.717) is 13.2 Å². The maximum absolute atomic E-state index is 7.74. The molecule has 0 fully saturated rings. The van der Waals surface area contributed by atoms with Gasteiger partial charge in [-0.15, -0.1) is 0 Å². The summed E-state index contributed by atoms with van der Waals surface area (Å²) in [5, 5.41) is 7.74. The monoisotopic (exact) mass is 214 g/mol. The molecule has 0 heterocycles. The Morgan fingerprint density at radius 3 is 1.53 bits per heavy atom. The summed E-state index contributed by atoms with van der Waals surface area (Å²) in [7, 11) is 1.61. The van der Waals surface area contributed by atoms with Crippen molar-refractivity contribution >= 4 is 0 Å². The van der Waals surface area contributed by atoms with Crippen LogP contribution in [-0.4, -0.2) is 25.6 Å². The summed E-state index contributed by atoms with van der Waals surface area (Å²) >= 11 is 0. The zero-order valence-electron chi connectivity index (χ0n) is 9.85. The average Bonchev–Trinajstić information content (AvgIpc) is 2.35. The number of hydrogen-bond donors (Lipinski definition) is 1. The Morgan fingerprint density at radius 1 is 0.867 bits per heavy atom. The van der Waals surface area contributed by atoms with Gasteiger partial charge in [0, 0.05) is 13.7 Å². The Labute approximate surface area is 92.6 Å². The van der Waals surface area contributed by atoms with Crippen LogP contribution >= 0.6 is 0 Å². The van der Waals surface area contributed by atoms with Crippen molar-refractivity contribution in [2.45, 2.75) is 20.3 Å². The molecule has 0 saturated heterocycles. The zero-order valence-corrected chi connectivity index (χ0v) is 9.85. The van der Waals surface area contributed by atoms with E-state index < -0.39 is 0 Å². The zero-order chi connectivity index (χ0) is 11.8. The van der Waals surface area contributed by atoms with E-state index in [0.717, 1.165) is 6.42 Å². The van der Waals surface area contributed by atoms with Gasteiger partial charge in [0.05, 0.1) is 6.61 Å². The van der Waals surface area contributed by atoms with Gasteiger partial charge in [-0.25, -0.2) is 4.89 Å². The summed E-state index contributed by atoms with van der Waals surface area (Å²) < 4.78 is 4.65. The molecular formula is C12H22O3. The second-order valence-electron chi connectivity index (χ2n) is 2.33. The SMILES string of the molecule is CC.COCCCOO.c1ccccc1. The van der Waals surface area contributed by atoms with Crippen LogP contribution in [0.15, 0.2) is 36.4 Å². The lowest BCUT2D eigenvalue weighted by Gasteiger charge is -1.92. The van der Waals surface area contributed by atoms with Crippen molar-refractivity contribution in [1.29, 1.82) is 0 Å². The van der Waals surface area contributed by atoms with Crippen molar-refractivity contribution < 1.29 is 14.9 Å². The summed E-state index contributed by atoms with van der Waals surface area (Å²) in [6.45, 7) is 4.99. The standard InChI is InChI=1S/C6H6.C4H10O3.C2H6/c1-2-4-6-5-3-1;1-6-3-2-4-7-5;1-2/h1-6H;5H,2-4H2,1H3;1-2H3. The highest BCUT2D eigenvalue weighted by Gasteiger charge is 1.81. The smallest absolute Gasteiger partial charge is 0.0841 e. The molecule has 3 heteroatoms. The van der Waals surface area contributed by atoms with Crippen LogP contribution in [0.3, 0.4) is 0 Å².